The van der Waals surface area contributed by atoms with Crippen molar-refractivity contribution in [1.29, 1.82) is 0 Å². The van der Waals surface area contributed by atoms with Crippen LogP contribution in [0.15, 0.2) is 22.7 Å². The molecule has 1 aromatic rings. The number of carbonyl (C=O) groups excluding carboxylic acids is 1. The highest BCUT2D eigenvalue weighted by Gasteiger charge is 2.30. The van der Waals surface area contributed by atoms with E-state index in [-0.39, 0.29) is 11.7 Å². The first-order valence-electron chi connectivity index (χ1n) is 5.85. The molecule has 4 heteroatoms. The highest BCUT2D eigenvalue weighted by atomic mass is 79.9. The van der Waals surface area contributed by atoms with Gasteiger partial charge in [0.05, 0.1) is 0 Å². The average molecular weight is 297 g/mol. The summed E-state index contributed by atoms with van der Waals surface area (Å²) in [6, 6.07) is 5.74. The summed E-state index contributed by atoms with van der Waals surface area (Å²) in [4.78, 5) is 11.9. The minimum atomic E-state index is -0.0810. The number of rotatable bonds is 3. The summed E-state index contributed by atoms with van der Waals surface area (Å²) in [7, 11) is 0. The Hall–Kier alpha value is -0.870. The Morgan fingerprint density at radius 1 is 1.59 bits per heavy atom. The van der Waals surface area contributed by atoms with Crippen LogP contribution in [0.1, 0.15) is 24.8 Å². The summed E-state index contributed by atoms with van der Waals surface area (Å²) in [5.41, 5.74) is 7.67. The van der Waals surface area contributed by atoms with Gasteiger partial charge in [0, 0.05) is 16.1 Å². The van der Waals surface area contributed by atoms with E-state index in [1.165, 1.54) is 0 Å². The number of carbonyl (C=O) groups is 1. The number of nitrogens with one attached hydrogen (secondary N) is 1. The van der Waals surface area contributed by atoms with Crippen LogP contribution in [-0.2, 0) is 4.79 Å². The smallest absolute Gasteiger partial charge is 0.137 e. The Morgan fingerprint density at radius 2 is 2.35 bits per heavy atom. The molecule has 2 atom stereocenters. The molecule has 3 nitrogen and oxygen atoms in total. The van der Waals surface area contributed by atoms with E-state index in [9.17, 15) is 4.79 Å². The van der Waals surface area contributed by atoms with Crippen molar-refractivity contribution < 1.29 is 4.79 Å². The Labute approximate surface area is 110 Å². The second kappa shape index (κ2) is 5.19. The predicted molar refractivity (Wildman–Crippen MR) is 73.0 cm³/mol. The quantitative estimate of drug-likeness (QED) is 0.842. The topological polar surface area (TPSA) is 55.1 Å². The van der Waals surface area contributed by atoms with Gasteiger partial charge in [0.25, 0.3) is 0 Å². The van der Waals surface area contributed by atoms with Crippen molar-refractivity contribution in [2.24, 2.45) is 5.92 Å². The SMILES string of the molecule is CC(=O)C(c1cc(Br)ccc1N)C1CCNC1. The number of anilines is 1. The molecule has 1 aromatic carbocycles. The van der Waals surface area contributed by atoms with Crippen molar-refractivity contribution in [3.63, 3.8) is 0 Å². The number of halogens is 1. The van der Waals surface area contributed by atoms with Crippen LogP contribution in [0.2, 0.25) is 0 Å². The van der Waals surface area contributed by atoms with Gasteiger partial charge in [-0.2, -0.15) is 0 Å². The minimum Gasteiger partial charge on any atom is -0.398 e. The summed E-state index contributed by atoms with van der Waals surface area (Å²) in [6.07, 6.45) is 1.04. The summed E-state index contributed by atoms with van der Waals surface area (Å²) >= 11 is 3.44. The zero-order chi connectivity index (χ0) is 12.4. The molecule has 92 valence electrons. The van der Waals surface area contributed by atoms with E-state index >= 15 is 0 Å². The molecule has 2 rings (SSSR count). The molecule has 3 N–H and O–H groups in total. The Balaban J connectivity index is 2.37. The van der Waals surface area contributed by atoms with Crippen molar-refractivity contribution in [3.8, 4) is 0 Å². The van der Waals surface area contributed by atoms with Crippen LogP contribution < -0.4 is 11.1 Å². The third-order valence-corrected chi connectivity index (χ3v) is 3.88. The maximum Gasteiger partial charge on any atom is 0.137 e. The molecular formula is C13H17BrN2O. The first-order valence-corrected chi connectivity index (χ1v) is 6.65. The molecule has 0 aliphatic carbocycles. The van der Waals surface area contributed by atoms with E-state index in [0.29, 0.717) is 11.6 Å². The molecule has 0 radical (unpaired) electrons. The van der Waals surface area contributed by atoms with Gasteiger partial charge >= 0.3 is 0 Å². The Morgan fingerprint density at radius 3 is 2.94 bits per heavy atom. The second-order valence-electron chi connectivity index (χ2n) is 4.61. The lowest BCUT2D eigenvalue weighted by Gasteiger charge is -2.22. The van der Waals surface area contributed by atoms with Gasteiger partial charge < -0.3 is 11.1 Å². The van der Waals surface area contributed by atoms with Crippen LogP contribution in [0.5, 0.6) is 0 Å². The number of Topliss-reactive ketones (excluding diaryl/α,β-unsaturated/α-hetero) is 1. The van der Waals surface area contributed by atoms with Crippen LogP contribution in [0.3, 0.4) is 0 Å². The van der Waals surface area contributed by atoms with Crippen LogP contribution in [0.25, 0.3) is 0 Å². The van der Waals surface area contributed by atoms with Crippen LogP contribution in [0, 0.1) is 5.92 Å². The van der Waals surface area contributed by atoms with Crippen molar-refractivity contribution in [2.75, 3.05) is 18.8 Å². The maximum absolute atomic E-state index is 11.9. The van der Waals surface area contributed by atoms with Crippen LogP contribution in [0.4, 0.5) is 5.69 Å². The molecule has 1 fully saturated rings. The van der Waals surface area contributed by atoms with Crippen LogP contribution in [-0.4, -0.2) is 18.9 Å². The molecule has 1 aliphatic heterocycles. The third kappa shape index (κ3) is 2.69. The minimum absolute atomic E-state index is 0.0810. The third-order valence-electron chi connectivity index (χ3n) is 3.39. The number of nitrogens with two attached hydrogens (primary N) is 1. The summed E-state index contributed by atoms with van der Waals surface area (Å²) < 4.78 is 0.971. The molecular weight excluding hydrogens is 280 g/mol. The lowest BCUT2D eigenvalue weighted by molar-refractivity contribution is -0.119. The Kier molecular flexibility index (Phi) is 3.84. The van der Waals surface area contributed by atoms with Gasteiger partial charge in [-0.25, -0.2) is 0 Å². The van der Waals surface area contributed by atoms with Crippen molar-refractivity contribution in [3.05, 3.63) is 28.2 Å². The van der Waals surface area contributed by atoms with E-state index in [0.717, 1.165) is 29.5 Å². The van der Waals surface area contributed by atoms with Gasteiger partial charge in [-0.05, 0) is 56.1 Å². The van der Waals surface area contributed by atoms with E-state index in [2.05, 4.69) is 21.2 Å². The first-order chi connectivity index (χ1) is 8.09. The summed E-state index contributed by atoms with van der Waals surface area (Å²) in [5.74, 6) is 0.482. The van der Waals surface area contributed by atoms with E-state index < -0.39 is 0 Å². The van der Waals surface area contributed by atoms with Gasteiger partial charge in [0.15, 0.2) is 0 Å². The number of hydrogen-bond acceptors (Lipinski definition) is 3. The fraction of sp³-hybridized carbons (Fsp3) is 0.462. The summed E-state index contributed by atoms with van der Waals surface area (Å²) in [5, 5.41) is 3.31. The van der Waals surface area contributed by atoms with E-state index in [4.69, 9.17) is 5.73 Å². The molecule has 1 saturated heterocycles. The standard InChI is InChI=1S/C13H17BrN2O/c1-8(17)13(9-4-5-16-7-9)11-6-10(14)2-3-12(11)15/h2-3,6,9,13,16H,4-5,7,15H2,1H3. The van der Waals surface area contributed by atoms with E-state index in [1.54, 1.807) is 6.92 Å². The maximum atomic E-state index is 11.9. The van der Waals surface area contributed by atoms with Gasteiger partial charge in [0.2, 0.25) is 0 Å². The van der Waals surface area contributed by atoms with Crippen molar-refractivity contribution in [1.82, 2.24) is 5.32 Å². The largest absolute Gasteiger partial charge is 0.398 e. The highest BCUT2D eigenvalue weighted by Crippen LogP contribution is 2.34. The van der Waals surface area contributed by atoms with Crippen molar-refractivity contribution >= 4 is 27.4 Å². The van der Waals surface area contributed by atoms with E-state index in [1.807, 2.05) is 18.2 Å². The molecule has 2 unspecified atom stereocenters. The number of nitrogen functional groups attached to an aromatic ring is 1. The van der Waals surface area contributed by atoms with Gasteiger partial charge in [-0.1, -0.05) is 15.9 Å². The predicted octanol–water partition coefficient (Wildman–Crippen LogP) is 2.31. The number of benzene rings is 1. The van der Waals surface area contributed by atoms with Gasteiger partial charge in [-0.3, -0.25) is 4.79 Å². The lowest BCUT2D eigenvalue weighted by atomic mass is 9.82. The zero-order valence-corrected chi connectivity index (χ0v) is 11.5. The molecule has 0 bridgehead atoms. The fourth-order valence-electron chi connectivity index (χ4n) is 2.58. The zero-order valence-electron chi connectivity index (χ0n) is 9.87. The molecule has 0 spiro atoms. The fourth-order valence-corrected chi connectivity index (χ4v) is 2.96. The molecule has 17 heavy (non-hydrogen) atoms. The molecule has 1 heterocycles. The second-order valence-corrected chi connectivity index (χ2v) is 5.53. The monoisotopic (exact) mass is 296 g/mol. The highest BCUT2D eigenvalue weighted by molar-refractivity contribution is 9.10. The van der Waals surface area contributed by atoms with Gasteiger partial charge in [-0.15, -0.1) is 0 Å². The molecule has 0 aromatic heterocycles. The van der Waals surface area contributed by atoms with Gasteiger partial charge in [0.1, 0.15) is 5.78 Å². The Bertz CT molecular complexity index is 427. The average Bonchev–Trinajstić information content (AvgIpc) is 2.76. The normalized spacial score (nSPS) is 21.4. The summed E-state index contributed by atoms with van der Waals surface area (Å²) in [6.45, 7) is 3.54. The van der Waals surface area contributed by atoms with Crippen LogP contribution >= 0.6 is 15.9 Å². The molecule has 0 saturated carbocycles. The molecule has 0 amide bonds. The number of ketones is 1. The first kappa shape index (κ1) is 12.6. The number of hydrogen-bond donors (Lipinski definition) is 2. The van der Waals surface area contributed by atoms with Crippen molar-refractivity contribution in [2.45, 2.75) is 19.3 Å². The lowest BCUT2D eigenvalue weighted by Crippen LogP contribution is -2.23. The molecule has 1 aliphatic rings.